The summed E-state index contributed by atoms with van der Waals surface area (Å²) in [5, 5.41) is 0. The van der Waals surface area contributed by atoms with Crippen molar-refractivity contribution < 1.29 is 0 Å². The van der Waals surface area contributed by atoms with Gasteiger partial charge in [0, 0.05) is 0 Å². The van der Waals surface area contributed by atoms with Gasteiger partial charge < -0.3 is 0 Å². The number of benzene rings is 1. The Kier molecular flexibility index (Phi) is 13.0. The Morgan fingerprint density at radius 2 is 1.64 bits per heavy atom. The van der Waals surface area contributed by atoms with Crippen molar-refractivity contribution in [3.8, 4) is 0 Å². The van der Waals surface area contributed by atoms with Gasteiger partial charge in [0.25, 0.3) is 0 Å². The van der Waals surface area contributed by atoms with E-state index in [0.717, 1.165) is 23.1 Å². The van der Waals surface area contributed by atoms with Gasteiger partial charge in [0.05, 0.1) is 0 Å². The topological polar surface area (TPSA) is 0 Å². The molecule has 25 heavy (non-hydrogen) atoms. The summed E-state index contributed by atoms with van der Waals surface area (Å²) in [6.07, 6.45) is 9.36. The van der Waals surface area contributed by atoms with Crippen LogP contribution in [0.5, 0.6) is 0 Å². The fourth-order valence-corrected chi connectivity index (χ4v) is 2.48. The van der Waals surface area contributed by atoms with Crippen LogP contribution in [0.2, 0.25) is 0 Å². The van der Waals surface area contributed by atoms with E-state index in [0.29, 0.717) is 0 Å². The standard InChI is InChI=1S/C22H28.C2H4.CH4/c1-8-16(3)11-10-12-18(5)21(9-2)20(7)22-14-13-17(4)15-19(22)6;1-2;/h8-11,13-15H,5,7,12H2,1-4,6H3;1-2H2;1H4/b11-10-,16-8-,21-9-;;. The van der Waals surface area contributed by atoms with Gasteiger partial charge in [-0.1, -0.05) is 74.2 Å². The van der Waals surface area contributed by atoms with E-state index < -0.39 is 0 Å². The molecule has 0 spiro atoms. The summed E-state index contributed by atoms with van der Waals surface area (Å²) in [6.45, 7) is 25.0. The summed E-state index contributed by atoms with van der Waals surface area (Å²) in [7, 11) is 0. The maximum Gasteiger partial charge on any atom is -0.00941 e. The van der Waals surface area contributed by atoms with Gasteiger partial charge >= 0.3 is 0 Å². The third kappa shape index (κ3) is 7.85. The van der Waals surface area contributed by atoms with Crippen LogP contribution in [0.1, 0.15) is 51.3 Å². The third-order valence-corrected chi connectivity index (χ3v) is 3.90. The van der Waals surface area contributed by atoms with Crippen molar-refractivity contribution in [1.82, 2.24) is 0 Å². The van der Waals surface area contributed by atoms with Gasteiger partial charge in [0.2, 0.25) is 0 Å². The Bertz CT molecular complexity index is 663. The summed E-state index contributed by atoms with van der Waals surface area (Å²) in [5.74, 6) is 0. The quantitative estimate of drug-likeness (QED) is 0.363. The van der Waals surface area contributed by atoms with Gasteiger partial charge in [-0.15, -0.1) is 13.2 Å². The van der Waals surface area contributed by atoms with Crippen molar-refractivity contribution in [3.05, 3.63) is 102 Å². The van der Waals surface area contributed by atoms with Crippen molar-refractivity contribution in [2.45, 2.75) is 48.5 Å². The molecule has 0 amide bonds. The molecule has 0 N–H and O–H groups in total. The second-order valence-corrected chi connectivity index (χ2v) is 5.74. The Hall–Kier alpha value is -2.34. The van der Waals surface area contributed by atoms with E-state index in [4.69, 9.17) is 0 Å². The minimum atomic E-state index is 0. The van der Waals surface area contributed by atoms with Crippen LogP contribution >= 0.6 is 0 Å². The SMILES string of the molecule is C.C=C.C=C(C/C=C\C(C)=C/C)/C(=C/C)C(=C)c1ccc(C)cc1C. The molecule has 0 saturated carbocycles. The van der Waals surface area contributed by atoms with Crippen LogP contribution in [-0.2, 0) is 0 Å². The molecule has 1 rings (SSSR count). The van der Waals surface area contributed by atoms with Gasteiger partial charge in [-0.2, -0.15) is 0 Å². The Labute approximate surface area is 156 Å². The molecular formula is C25H36. The van der Waals surface area contributed by atoms with Crippen LogP contribution in [0, 0.1) is 13.8 Å². The predicted octanol–water partition coefficient (Wildman–Crippen LogP) is 8.17. The molecule has 0 aromatic heterocycles. The molecule has 0 unspecified atom stereocenters. The Morgan fingerprint density at radius 3 is 2.12 bits per heavy atom. The smallest absolute Gasteiger partial charge is 0.00941 e. The summed E-state index contributed by atoms with van der Waals surface area (Å²) < 4.78 is 0. The Morgan fingerprint density at radius 1 is 1.04 bits per heavy atom. The van der Waals surface area contributed by atoms with Crippen molar-refractivity contribution in [2.75, 3.05) is 0 Å². The lowest BCUT2D eigenvalue weighted by atomic mass is 9.89. The number of rotatable bonds is 6. The van der Waals surface area contributed by atoms with Crippen molar-refractivity contribution in [1.29, 1.82) is 0 Å². The highest BCUT2D eigenvalue weighted by atomic mass is 14.1. The van der Waals surface area contributed by atoms with E-state index in [2.05, 4.69) is 96.5 Å². The maximum absolute atomic E-state index is 4.30. The molecule has 1 aromatic rings. The van der Waals surface area contributed by atoms with E-state index in [9.17, 15) is 0 Å². The highest BCUT2D eigenvalue weighted by Crippen LogP contribution is 2.30. The van der Waals surface area contributed by atoms with Crippen LogP contribution in [0.25, 0.3) is 5.57 Å². The zero-order valence-corrected chi connectivity index (χ0v) is 16.1. The van der Waals surface area contributed by atoms with Crippen molar-refractivity contribution >= 4 is 5.57 Å². The largest absolute Gasteiger partial charge is 0.106 e. The zero-order chi connectivity index (χ0) is 18.7. The van der Waals surface area contributed by atoms with Crippen LogP contribution in [0.4, 0.5) is 0 Å². The number of hydrogen-bond donors (Lipinski definition) is 0. The molecule has 0 radical (unpaired) electrons. The monoisotopic (exact) mass is 336 g/mol. The van der Waals surface area contributed by atoms with Gasteiger partial charge in [-0.05, 0) is 68.9 Å². The van der Waals surface area contributed by atoms with E-state index >= 15 is 0 Å². The van der Waals surface area contributed by atoms with E-state index in [1.54, 1.807) is 0 Å². The third-order valence-electron chi connectivity index (χ3n) is 3.90. The highest BCUT2D eigenvalue weighted by Gasteiger charge is 2.10. The number of allylic oxidation sites excluding steroid dienone is 8. The molecular weight excluding hydrogens is 300 g/mol. The molecule has 0 fully saturated rings. The van der Waals surface area contributed by atoms with Gasteiger partial charge in [0.1, 0.15) is 0 Å². The molecule has 0 heterocycles. The lowest BCUT2D eigenvalue weighted by Gasteiger charge is -2.15. The molecule has 0 atom stereocenters. The van der Waals surface area contributed by atoms with E-state index in [1.165, 1.54) is 22.3 Å². The zero-order valence-electron chi connectivity index (χ0n) is 16.1. The molecule has 0 aliphatic heterocycles. The fraction of sp³-hybridized carbons (Fsp3) is 0.280. The van der Waals surface area contributed by atoms with Gasteiger partial charge in [-0.3, -0.25) is 0 Å². The first kappa shape index (κ1) is 24.9. The van der Waals surface area contributed by atoms with E-state index in [1.807, 2.05) is 6.92 Å². The summed E-state index contributed by atoms with van der Waals surface area (Å²) >= 11 is 0. The van der Waals surface area contributed by atoms with Crippen molar-refractivity contribution in [2.24, 2.45) is 0 Å². The van der Waals surface area contributed by atoms with Gasteiger partial charge in [-0.25, -0.2) is 0 Å². The van der Waals surface area contributed by atoms with Crippen LogP contribution in [0.3, 0.4) is 0 Å². The van der Waals surface area contributed by atoms with Crippen LogP contribution in [-0.4, -0.2) is 0 Å². The summed E-state index contributed by atoms with van der Waals surface area (Å²) in [5.41, 5.74) is 8.32. The molecule has 0 bridgehead atoms. The number of aryl methyl sites for hydroxylation is 2. The average molecular weight is 337 g/mol. The molecule has 136 valence electrons. The maximum atomic E-state index is 4.30. The van der Waals surface area contributed by atoms with Crippen LogP contribution < -0.4 is 0 Å². The molecule has 0 nitrogen and oxygen atoms in total. The average Bonchev–Trinajstić information content (AvgIpc) is 2.57. The summed E-state index contributed by atoms with van der Waals surface area (Å²) in [6, 6.07) is 6.49. The molecule has 1 aromatic carbocycles. The van der Waals surface area contributed by atoms with Crippen molar-refractivity contribution in [3.63, 3.8) is 0 Å². The lowest BCUT2D eigenvalue weighted by molar-refractivity contribution is 1.24. The molecule has 0 aliphatic carbocycles. The lowest BCUT2D eigenvalue weighted by Crippen LogP contribution is -1.95. The second-order valence-electron chi connectivity index (χ2n) is 5.74. The second kappa shape index (κ2) is 13.0. The molecule has 0 aliphatic rings. The van der Waals surface area contributed by atoms with Gasteiger partial charge in [0.15, 0.2) is 0 Å². The first-order valence-corrected chi connectivity index (χ1v) is 8.31. The first-order valence-electron chi connectivity index (χ1n) is 8.31. The predicted molar refractivity (Wildman–Crippen MR) is 119 cm³/mol. The van der Waals surface area contributed by atoms with E-state index in [-0.39, 0.29) is 7.43 Å². The summed E-state index contributed by atoms with van der Waals surface area (Å²) in [4.78, 5) is 0. The Balaban J connectivity index is 0. The minimum Gasteiger partial charge on any atom is -0.106 e. The fourth-order valence-electron chi connectivity index (χ4n) is 2.48. The molecule has 0 heteroatoms. The normalized spacial score (nSPS) is 11.4. The van der Waals surface area contributed by atoms with Crippen LogP contribution in [0.15, 0.2) is 85.5 Å². The highest BCUT2D eigenvalue weighted by molar-refractivity contribution is 5.83. The number of hydrogen-bond acceptors (Lipinski definition) is 0. The first-order chi connectivity index (χ1) is 11.4. The minimum absolute atomic E-state index is 0. The molecule has 0 saturated heterocycles.